The van der Waals surface area contributed by atoms with Crippen molar-refractivity contribution < 1.29 is 9.53 Å². The molecule has 1 amide bonds. The second-order valence-corrected chi connectivity index (χ2v) is 7.66. The molecule has 1 fully saturated rings. The summed E-state index contributed by atoms with van der Waals surface area (Å²) in [5.74, 6) is 2.98. The third-order valence-corrected chi connectivity index (χ3v) is 5.15. The molecule has 0 bridgehead atoms. The van der Waals surface area contributed by atoms with E-state index in [0.717, 1.165) is 41.8 Å². The van der Waals surface area contributed by atoms with E-state index in [0.29, 0.717) is 11.4 Å². The number of ether oxygens (including phenoxy) is 1. The molecule has 1 aromatic heterocycles. The number of benzene rings is 2. The van der Waals surface area contributed by atoms with Gasteiger partial charge in [-0.15, -0.1) is 0 Å². The highest BCUT2D eigenvalue weighted by Gasteiger charge is 2.15. The lowest BCUT2D eigenvalue weighted by Gasteiger charge is -2.18. The van der Waals surface area contributed by atoms with E-state index in [9.17, 15) is 4.79 Å². The zero-order valence-electron chi connectivity index (χ0n) is 17.9. The van der Waals surface area contributed by atoms with E-state index in [4.69, 9.17) is 4.74 Å². The predicted molar refractivity (Wildman–Crippen MR) is 123 cm³/mol. The van der Waals surface area contributed by atoms with E-state index in [1.807, 2.05) is 68.4 Å². The molecule has 1 aliphatic heterocycles. The van der Waals surface area contributed by atoms with E-state index in [-0.39, 0.29) is 12.5 Å². The van der Waals surface area contributed by atoms with Crippen LogP contribution in [0, 0.1) is 13.8 Å². The molecule has 2 aromatic carbocycles. The van der Waals surface area contributed by atoms with Gasteiger partial charge in [-0.25, -0.2) is 9.97 Å². The van der Waals surface area contributed by atoms with Crippen molar-refractivity contribution in [2.75, 3.05) is 35.2 Å². The van der Waals surface area contributed by atoms with Gasteiger partial charge in [-0.05, 0) is 62.6 Å². The highest BCUT2D eigenvalue weighted by molar-refractivity contribution is 5.92. The van der Waals surface area contributed by atoms with Gasteiger partial charge in [-0.2, -0.15) is 0 Å². The molecule has 31 heavy (non-hydrogen) atoms. The van der Waals surface area contributed by atoms with Crippen molar-refractivity contribution in [2.45, 2.75) is 26.7 Å². The number of aromatic nitrogens is 2. The van der Waals surface area contributed by atoms with Crippen LogP contribution < -0.4 is 20.3 Å². The maximum atomic E-state index is 12.2. The van der Waals surface area contributed by atoms with Gasteiger partial charge in [0.1, 0.15) is 23.2 Å². The molecule has 0 spiro atoms. The van der Waals surface area contributed by atoms with E-state index in [2.05, 4.69) is 25.5 Å². The number of amides is 1. The normalized spacial score (nSPS) is 13.2. The smallest absolute Gasteiger partial charge is 0.262 e. The molecule has 7 nitrogen and oxygen atoms in total. The molecular weight excluding hydrogens is 390 g/mol. The van der Waals surface area contributed by atoms with Crippen molar-refractivity contribution in [3.8, 4) is 5.75 Å². The molecule has 4 rings (SSSR count). The largest absolute Gasteiger partial charge is 0.483 e. The summed E-state index contributed by atoms with van der Waals surface area (Å²) in [6.45, 7) is 5.90. The van der Waals surface area contributed by atoms with Crippen LogP contribution in [-0.4, -0.2) is 35.6 Å². The molecule has 0 radical (unpaired) electrons. The van der Waals surface area contributed by atoms with Gasteiger partial charge >= 0.3 is 0 Å². The van der Waals surface area contributed by atoms with Crippen molar-refractivity contribution in [1.82, 2.24) is 9.97 Å². The van der Waals surface area contributed by atoms with Crippen LogP contribution in [0.1, 0.15) is 24.2 Å². The van der Waals surface area contributed by atoms with Gasteiger partial charge in [0.25, 0.3) is 5.91 Å². The second kappa shape index (κ2) is 9.47. The molecule has 0 aliphatic carbocycles. The Balaban J connectivity index is 1.34. The van der Waals surface area contributed by atoms with Crippen LogP contribution in [-0.2, 0) is 4.79 Å². The molecular formula is C24H27N5O2. The minimum absolute atomic E-state index is 0.0374. The first-order valence-corrected chi connectivity index (χ1v) is 10.5. The SMILES string of the molecule is Cc1nc(Nc2ccc(NC(=O)COc3ccccc3C)cc2)cc(N2CCCC2)n1. The van der Waals surface area contributed by atoms with Crippen LogP contribution >= 0.6 is 0 Å². The number of carbonyl (C=O) groups is 1. The number of aryl methyl sites for hydroxylation is 2. The Kier molecular flexibility index (Phi) is 6.31. The molecule has 0 unspecified atom stereocenters. The number of hydrogen-bond donors (Lipinski definition) is 2. The van der Waals surface area contributed by atoms with Gasteiger partial charge in [0.05, 0.1) is 0 Å². The molecule has 7 heteroatoms. The molecule has 0 saturated carbocycles. The van der Waals surface area contributed by atoms with Crippen molar-refractivity contribution in [3.63, 3.8) is 0 Å². The summed E-state index contributed by atoms with van der Waals surface area (Å²) in [6.07, 6.45) is 2.41. The van der Waals surface area contributed by atoms with Crippen LogP contribution in [0.5, 0.6) is 5.75 Å². The number of hydrogen-bond acceptors (Lipinski definition) is 6. The highest BCUT2D eigenvalue weighted by atomic mass is 16.5. The second-order valence-electron chi connectivity index (χ2n) is 7.66. The molecule has 2 N–H and O–H groups in total. The van der Waals surface area contributed by atoms with Gasteiger partial charge in [-0.1, -0.05) is 18.2 Å². The third-order valence-electron chi connectivity index (χ3n) is 5.15. The molecule has 0 atom stereocenters. The minimum atomic E-state index is -0.203. The van der Waals surface area contributed by atoms with Gasteiger partial charge in [-0.3, -0.25) is 4.79 Å². The summed E-state index contributed by atoms with van der Waals surface area (Å²) < 4.78 is 5.60. The van der Waals surface area contributed by atoms with Crippen LogP contribution in [0.2, 0.25) is 0 Å². The quantitative estimate of drug-likeness (QED) is 0.591. The Hall–Kier alpha value is -3.61. The summed E-state index contributed by atoms with van der Waals surface area (Å²) in [6, 6.07) is 17.1. The van der Waals surface area contributed by atoms with Crippen molar-refractivity contribution >= 4 is 28.9 Å². The zero-order valence-corrected chi connectivity index (χ0v) is 17.9. The Labute approximate surface area is 182 Å². The molecule has 1 saturated heterocycles. The van der Waals surface area contributed by atoms with E-state index < -0.39 is 0 Å². The van der Waals surface area contributed by atoms with Gasteiger partial charge < -0.3 is 20.3 Å². The average Bonchev–Trinajstić information content (AvgIpc) is 3.29. The van der Waals surface area contributed by atoms with Crippen LogP contribution in [0.4, 0.5) is 23.0 Å². The Morgan fingerprint density at radius 1 is 1.00 bits per heavy atom. The summed E-state index contributed by atoms with van der Waals surface area (Å²) >= 11 is 0. The highest BCUT2D eigenvalue weighted by Crippen LogP contribution is 2.23. The lowest BCUT2D eigenvalue weighted by molar-refractivity contribution is -0.118. The lowest BCUT2D eigenvalue weighted by atomic mass is 10.2. The summed E-state index contributed by atoms with van der Waals surface area (Å²) in [5, 5.41) is 6.18. The number of carbonyl (C=O) groups excluding carboxylic acids is 1. The number of nitrogens with zero attached hydrogens (tertiary/aromatic N) is 3. The topological polar surface area (TPSA) is 79.4 Å². The summed E-state index contributed by atoms with van der Waals surface area (Å²) in [5.41, 5.74) is 2.60. The standard InChI is InChI=1S/C24H27N5O2/c1-17-7-3-4-8-21(17)31-16-24(30)28-20-11-9-19(10-12-20)27-22-15-23(26-18(2)25-22)29-13-5-6-14-29/h3-4,7-12,15H,5-6,13-14,16H2,1-2H3,(H,28,30)(H,25,26,27). The fourth-order valence-corrected chi connectivity index (χ4v) is 3.57. The number of para-hydroxylation sites is 1. The first kappa shape index (κ1) is 20.7. The van der Waals surface area contributed by atoms with Crippen LogP contribution in [0.3, 0.4) is 0 Å². The maximum Gasteiger partial charge on any atom is 0.262 e. The summed E-state index contributed by atoms with van der Waals surface area (Å²) in [4.78, 5) is 23.6. The number of anilines is 4. The number of rotatable bonds is 7. The van der Waals surface area contributed by atoms with Crippen molar-refractivity contribution in [3.05, 3.63) is 66.0 Å². The van der Waals surface area contributed by atoms with Crippen molar-refractivity contribution in [1.29, 1.82) is 0 Å². The van der Waals surface area contributed by atoms with Gasteiger partial charge in [0.2, 0.25) is 0 Å². The Morgan fingerprint density at radius 3 is 2.45 bits per heavy atom. The molecule has 2 heterocycles. The Bertz CT molecular complexity index is 1050. The molecule has 1 aliphatic rings. The van der Waals surface area contributed by atoms with E-state index in [1.54, 1.807) is 0 Å². The monoisotopic (exact) mass is 417 g/mol. The zero-order chi connectivity index (χ0) is 21.6. The predicted octanol–water partition coefficient (Wildman–Crippen LogP) is 4.45. The first-order chi connectivity index (χ1) is 15.1. The van der Waals surface area contributed by atoms with Gasteiger partial charge in [0.15, 0.2) is 6.61 Å². The first-order valence-electron chi connectivity index (χ1n) is 10.5. The lowest BCUT2D eigenvalue weighted by Crippen LogP contribution is -2.20. The van der Waals surface area contributed by atoms with Gasteiger partial charge in [0, 0.05) is 30.5 Å². The van der Waals surface area contributed by atoms with E-state index >= 15 is 0 Å². The average molecular weight is 418 g/mol. The van der Waals surface area contributed by atoms with Crippen molar-refractivity contribution in [2.24, 2.45) is 0 Å². The fourth-order valence-electron chi connectivity index (χ4n) is 3.57. The number of nitrogens with one attached hydrogen (secondary N) is 2. The minimum Gasteiger partial charge on any atom is -0.483 e. The summed E-state index contributed by atoms with van der Waals surface area (Å²) in [7, 11) is 0. The molecule has 160 valence electrons. The fraction of sp³-hybridized carbons (Fsp3) is 0.292. The maximum absolute atomic E-state index is 12.2. The van der Waals surface area contributed by atoms with E-state index in [1.165, 1.54) is 12.8 Å². The van der Waals surface area contributed by atoms with Crippen LogP contribution in [0.15, 0.2) is 54.6 Å². The Morgan fingerprint density at radius 2 is 1.71 bits per heavy atom. The molecule has 3 aromatic rings. The third kappa shape index (κ3) is 5.51. The van der Waals surface area contributed by atoms with Crippen LogP contribution in [0.25, 0.3) is 0 Å².